The minimum Gasteiger partial charge on any atom is -0.497 e. The normalized spacial score (nSPS) is 10.1. The minimum absolute atomic E-state index is 0.0377. The van der Waals surface area contributed by atoms with Crippen molar-refractivity contribution in [2.75, 3.05) is 18.2 Å². The second kappa shape index (κ2) is 5.39. The summed E-state index contributed by atoms with van der Waals surface area (Å²) in [5.41, 5.74) is 6.75. The average Bonchev–Trinajstić information content (AvgIpc) is 2.40. The van der Waals surface area contributed by atoms with Crippen molar-refractivity contribution in [2.24, 2.45) is 0 Å². The Morgan fingerprint density at radius 3 is 2.80 bits per heavy atom. The first-order chi connectivity index (χ1) is 9.51. The lowest BCUT2D eigenvalue weighted by atomic mass is 10.2. The topological polar surface area (TPSA) is 116 Å². The van der Waals surface area contributed by atoms with Crippen LogP contribution in [-0.4, -0.2) is 22.0 Å². The van der Waals surface area contributed by atoms with Gasteiger partial charge in [0.1, 0.15) is 11.9 Å². The van der Waals surface area contributed by atoms with Crippen LogP contribution in [0.2, 0.25) is 0 Å². The number of benzene rings is 1. The number of aromatic nitrogens is 2. The highest BCUT2D eigenvalue weighted by atomic mass is 16.6. The Morgan fingerprint density at radius 1 is 1.45 bits per heavy atom. The molecule has 0 aliphatic rings. The van der Waals surface area contributed by atoms with E-state index in [9.17, 15) is 10.1 Å². The van der Waals surface area contributed by atoms with Gasteiger partial charge in [-0.2, -0.15) is 4.98 Å². The molecule has 0 spiro atoms. The van der Waals surface area contributed by atoms with Gasteiger partial charge in [0, 0.05) is 5.69 Å². The molecule has 20 heavy (non-hydrogen) atoms. The predicted molar refractivity (Wildman–Crippen MR) is 74.1 cm³/mol. The quantitative estimate of drug-likeness (QED) is 0.647. The Hall–Kier alpha value is -2.90. The van der Waals surface area contributed by atoms with E-state index in [0.29, 0.717) is 11.4 Å². The number of aryl methyl sites for hydroxylation is 1. The lowest BCUT2D eigenvalue weighted by molar-refractivity contribution is -0.384. The highest BCUT2D eigenvalue weighted by Crippen LogP contribution is 2.28. The smallest absolute Gasteiger partial charge is 0.329 e. The van der Waals surface area contributed by atoms with Crippen molar-refractivity contribution >= 4 is 23.1 Å². The van der Waals surface area contributed by atoms with Gasteiger partial charge in [-0.05, 0) is 30.7 Å². The second-order valence-corrected chi connectivity index (χ2v) is 4.03. The number of anilines is 3. The largest absolute Gasteiger partial charge is 0.497 e. The van der Waals surface area contributed by atoms with E-state index < -0.39 is 4.92 Å². The van der Waals surface area contributed by atoms with Crippen LogP contribution >= 0.6 is 0 Å². The van der Waals surface area contributed by atoms with Gasteiger partial charge in [0.25, 0.3) is 0 Å². The molecule has 0 bridgehead atoms. The summed E-state index contributed by atoms with van der Waals surface area (Å²) in [5.74, 6) is 0.713. The zero-order valence-electron chi connectivity index (χ0n) is 11.0. The maximum Gasteiger partial charge on any atom is 0.329 e. The second-order valence-electron chi connectivity index (χ2n) is 4.03. The summed E-state index contributed by atoms with van der Waals surface area (Å²) in [7, 11) is 1.57. The van der Waals surface area contributed by atoms with Crippen LogP contribution in [0.1, 0.15) is 5.56 Å². The Balaban J connectivity index is 2.39. The molecule has 0 radical (unpaired) electrons. The highest BCUT2D eigenvalue weighted by molar-refractivity contribution is 5.68. The summed E-state index contributed by atoms with van der Waals surface area (Å²) in [6, 6.07) is 5.29. The molecule has 1 aromatic carbocycles. The van der Waals surface area contributed by atoms with Gasteiger partial charge in [-0.3, -0.25) is 10.1 Å². The van der Waals surface area contributed by atoms with E-state index in [-0.39, 0.29) is 17.5 Å². The lowest BCUT2D eigenvalue weighted by Crippen LogP contribution is -2.04. The van der Waals surface area contributed by atoms with E-state index in [1.54, 1.807) is 25.3 Å². The third kappa shape index (κ3) is 2.74. The van der Waals surface area contributed by atoms with Gasteiger partial charge < -0.3 is 15.8 Å². The van der Waals surface area contributed by atoms with Crippen LogP contribution in [0.3, 0.4) is 0 Å². The molecule has 0 atom stereocenters. The molecule has 1 aromatic heterocycles. The SMILES string of the molecule is COc1ccc(Nc2nc(N)ncc2[N+](=O)[O-])c(C)c1. The van der Waals surface area contributed by atoms with E-state index in [1.165, 1.54) is 0 Å². The van der Waals surface area contributed by atoms with Gasteiger partial charge in [-0.25, -0.2) is 4.98 Å². The summed E-state index contributed by atoms with van der Waals surface area (Å²) in [5, 5.41) is 13.8. The standard InChI is InChI=1S/C12H13N5O3/c1-7-5-8(20-2)3-4-9(7)15-11-10(17(18)19)6-14-12(13)16-11/h3-6H,1-2H3,(H3,13,14,15,16). The number of nitrogens with two attached hydrogens (primary N) is 1. The summed E-state index contributed by atoms with van der Waals surface area (Å²) < 4.78 is 5.10. The van der Waals surface area contributed by atoms with Crippen LogP contribution in [0.25, 0.3) is 0 Å². The van der Waals surface area contributed by atoms with Crippen LogP contribution < -0.4 is 15.8 Å². The number of hydrogen-bond acceptors (Lipinski definition) is 7. The zero-order valence-corrected chi connectivity index (χ0v) is 11.0. The fourth-order valence-corrected chi connectivity index (χ4v) is 1.65. The molecule has 8 nitrogen and oxygen atoms in total. The fraction of sp³-hybridized carbons (Fsp3) is 0.167. The monoisotopic (exact) mass is 275 g/mol. The molecule has 0 unspecified atom stereocenters. The molecule has 2 rings (SSSR count). The maximum atomic E-state index is 10.9. The maximum absolute atomic E-state index is 10.9. The summed E-state index contributed by atoms with van der Waals surface area (Å²) in [6.07, 6.45) is 1.07. The molecule has 0 aliphatic carbocycles. The van der Waals surface area contributed by atoms with Crippen LogP contribution in [0.5, 0.6) is 5.75 Å². The molecule has 0 fully saturated rings. The summed E-state index contributed by atoms with van der Waals surface area (Å²) in [6.45, 7) is 1.85. The van der Waals surface area contributed by atoms with E-state index in [2.05, 4.69) is 15.3 Å². The van der Waals surface area contributed by atoms with Gasteiger partial charge in [-0.15, -0.1) is 0 Å². The zero-order chi connectivity index (χ0) is 14.7. The Kier molecular flexibility index (Phi) is 3.65. The number of nitrogens with one attached hydrogen (secondary N) is 1. The van der Waals surface area contributed by atoms with Crippen molar-refractivity contribution in [1.29, 1.82) is 0 Å². The van der Waals surface area contributed by atoms with E-state index in [0.717, 1.165) is 11.8 Å². The van der Waals surface area contributed by atoms with Crippen molar-refractivity contribution in [3.8, 4) is 5.75 Å². The number of nitrogens with zero attached hydrogens (tertiary/aromatic N) is 3. The van der Waals surface area contributed by atoms with Crippen LogP contribution in [0, 0.1) is 17.0 Å². The molecule has 8 heteroatoms. The average molecular weight is 275 g/mol. The van der Waals surface area contributed by atoms with E-state index >= 15 is 0 Å². The van der Waals surface area contributed by atoms with Crippen molar-refractivity contribution < 1.29 is 9.66 Å². The lowest BCUT2D eigenvalue weighted by Gasteiger charge is -2.10. The first-order valence-corrected chi connectivity index (χ1v) is 5.70. The third-order valence-corrected chi connectivity index (χ3v) is 2.67. The van der Waals surface area contributed by atoms with Crippen LogP contribution in [0.4, 0.5) is 23.1 Å². The molecule has 3 N–H and O–H groups in total. The molecular weight excluding hydrogens is 262 g/mol. The van der Waals surface area contributed by atoms with Gasteiger partial charge in [0.15, 0.2) is 0 Å². The first kappa shape index (κ1) is 13.5. The molecule has 0 saturated carbocycles. The Morgan fingerprint density at radius 2 is 2.20 bits per heavy atom. The molecule has 0 saturated heterocycles. The number of nitro groups is 1. The molecule has 104 valence electrons. The number of ether oxygens (including phenoxy) is 1. The Bertz CT molecular complexity index is 660. The number of hydrogen-bond donors (Lipinski definition) is 2. The van der Waals surface area contributed by atoms with Crippen molar-refractivity contribution in [3.63, 3.8) is 0 Å². The number of nitrogen functional groups attached to an aromatic ring is 1. The van der Waals surface area contributed by atoms with Crippen molar-refractivity contribution in [2.45, 2.75) is 6.92 Å². The molecule has 0 aliphatic heterocycles. The number of methoxy groups -OCH3 is 1. The number of rotatable bonds is 4. The van der Waals surface area contributed by atoms with Crippen molar-refractivity contribution in [3.05, 3.63) is 40.1 Å². The van der Waals surface area contributed by atoms with Crippen LogP contribution in [-0.2, 0) is 0 Å². The summed E-state index contributed by atoms with van der Waals surface area (Å²) in [4.78, 5) is 17.8. The van der Waals surface area contributed by atoms with E-state index in [1.807, 2.05) is 6.92 Å². The van der Waals surface area contributed by atoms with Gasteiger partial charge >= 0.3 is 5.69 Å². The molecule has 2 aromatic rings. The van der Waals surface area contributed by atoms with Gasteiger partial charge in [0.2, 0.25) is 11.8 Å². The van der Waals surface area contributed by atoms with Crippen LogP contribution in [0.15, 0.2) is 24.4 Å². The molecular formula is C12H13N5O3. The minimum atomic E-state index is -0.569. The van der Waals surface area contributed by atoms with Gasteiger partial charge in [-0.1, -0.05) is 0 Å². The first-order valence-electron chi connectivity index (χ1n) is 5.70. The molecule has 0 amide bonds. The molecule has 1 heterocycles. The Labute approximate surface area is 114 Å². The van der Waals surface area contributed by atoms with E-state index in [4.69, 9.17) is 10.5 Å². The fourth-order valence-electron chi connectivity index (χ4n) is 1.65. The predicted octanol–water partition coefficient (Wildman–Crippen LogP) is 2.03. The van der Waals surface area contributed by atoms with Crippen molar-refractivity contribution in [1.82, 2.24) is 9.97 Å². The summed E-state index contributed by atoms with van der Waals surface area (Å²) >= 11 is 0. The highest BCUT2D eigenvalue weighted by Gasteiger charge is 2.17. The van der Waals surface area contributed by atoms with Gasteiger partial charge in [0.05, 0.1) is 12.0 Å². The third-order valence-electron chi connectivity index (χ3n) is 2.67.